The Balaban J connectivity index is 3.12. The van der Waals surface area contributed by atoms with Crippen molar-refractivity contribution in [3.63, 3.8) is 0 Å². The number of methoxy groups -OCH3 is 1. The molecule has 0 atom stereocenters. The maximum absolute atomic E-state index is 10.9. The molecule has 0 aliphatic rings. The molecule has 2 N–H and O–H groups in total. The van der Waals surface area contributed by atoms with Gasteiger partial charge in [0.2, 0.25) is 6.19 Å². The van der Waals surface area contributed by atoms with Gasteiger partial charge in [-0.1, -0.05) is 0 Å². The first-order valence-corrected chi connectivity index (χ1v) is 3.02. The fraction of sp³-hybridized carbons (Fsp3) is 0.167. The topological polar surface area (TPSA) is 93.9 Å². The number of anilines is 1. The van der Waals surface area contributed by atoms with E-state index in [1.54, 1.807) is 6.19 Å². The first-order valence-electron chi connectivity index (χ1n) is 3.02. The Labute approximate surface area is 68.1 Å². The van der Waals surface area contributed by atoms with Crippen LogP contribution in [0, 0.1) is 11.5 Å². The van der Waals surface area contributed by atoms with Crippen molar-refractivity contribution in [2.75, 3.05) is 12.8 Å². The van der Waals surface area contributed by atoms with Crippen LogP contribution in [0.4, 0.5) is 5.82 Å². The summed E-state index contributed by atoms with van der Waals surface area (Å²) in [6.07, 6.45) is 2.85. The number of carbonyl (C=O) groups excluding carboxylic acids is 1. The molecule has 1 aromatic rings. The summed E-state index contributed by atoms with van der Waals surface area (Å²) < 4.78 is 5.23. The van der Waals surface area contributed by atoms with Gasteiger partial charge in [-0.3, -0.25) is 0 Å². The van der Waals surface area contributed by atoms with E-state index < -0.39 is 5.97 Å². The van der Waals surface area contributed by atoms with Gasteiger partial charge in [-0.15, -0.1) is 4.68 Å². The summed E-state index contributed by atoms with van der Waals surface area (Å²) in [6.45, 7) is 0. The lowest BCUT2D eigenvalue weighted by Crippen LogP contribution is -2.05. The largest absolute Gasteiger partial charge is 0.465 e. The van der Waals surface area contributed by atoms with Crippen molar-refractivity contribution in [3.05, 3.63) is 11.8 Å². The highest BCUT2D eigenvalue weighted by molar-refractivity contribution is 5.93. The molecule has 1 heterocycles. The fourth-order valence-corrected chi connectivity index (χ4v) is 0.705. The van der Waals surface area contributed by atoms with E-state index in [0.29, 0.717) is 0 Å². The van der Waals surface area contributed by atoms with Crippen LogP contribution in [-0.4, -0.2) is 22.9 Å². The molecule has 1 aromatic heterocycles. The van der Waals surface area contributed by atoms with Crippen LogP contribution < -0.4 is 5.73 Å². The highest BCUT2D eigenvalue weighted by Crippen LogP contribution is 2.10. The third-order valence-electron chi connectivity index (χ3n) is 1.31. The molecular formula is C6H6N4O2. The minimum atomic E-state index is -0.603. The Hall–Kier alpha value is -2.03. The number of nitrogens with two attached hydrogens (primary N) is 1. The second kappa shape index (κ2) is 2.92. The number of nitrogens with zero attached hydrogens (tertiary/aromatic N) is 3. The average molecular weight is 166 g/mol. The van der Waals surface area contributed by atoms with Crippen molar-refractivity contribution in [2.45, 2.75) is 0 Å². The summed E-state index contributed by atoms with van der Waals surface area (Å²) in [4.78, 5) is 10.9. The lowest BCUT2D eigenvalue weighted by molar-refractivity contribution is 0.0602. The minimum absolute atomic E-state index is 0.00986. The van der Waals surface area contributed by atoms with Gasteiger partial charge in [-0.25, -0.2) is 4.79 Å². The number of carbonyl (C=O) groups is 1. The van der Waals surface area contributed by atoms with Crippen LogP contribution in [0.3, 0.4) is 0 Å². The van der Waals surface area contributed by atoms with E-state index in [-0.39, 0.29) is 11.4 Å². The lowest BCUT2D eigenvalue weighted by Gasteiger charge is -1.95. The molecule has 0 bridgehead atoms. The van der Waals surface area contributed by atoms with Gasteiger partial charge in [0.1, 0.15) is 5.56 Å². The molecule has 0 saturated carbocycles. The van der Waals surface area contributed by atoms with Gasteiger partial charge in [-0.2, -0.15) is 10.4 Å². The first-order chi connectivity index (χ1) is 5.70. The average Bonchev–Trinajstić information content (AvgIpc) is 2.45. The molecule has 0 unspecified atom stereocenters. The van der Waals surface area contributed by atoms with Crippen LogP contribution in [0.25, 0.3) is 0 Å². The number of esters is 1. The number of hydrogen-bond acceptors (Lipinski definition) is 5. The number of hydrogen-bond donors (Lipinski definition) is 1. The molecule has 6 heteroatoms. The van der Waals surface area contributed by atoms with Crippen molar-refractivity contribution in [1.29, 1.82) is 5.26 Å². The SMILES string of the molecule is COC(=O)c1cnn(C#N)c1N. The molecular weight excluding hydrogens is 160 g/mol. The van der Waals surface area contributed by atoms with Crippen molar-refractivity contribution >= 4 is 11.8 Å². The molecule has 0 aliphatic carbocycles. The Morgan fingerprint density at radius 1 is 1.92 bits per heavy atom. The second-order valence-electron chi connectivity index (χ2n) is 1.95. The summed E-state index contributed by atoms with van der Waals surface area (Å²) in [6, 6.07) is 0. The minimum Gasteiger partial charge on any atom is -0.465 e. The summed E-state index contributed by atoms with van der Waals surface area (Å²) in [7, 11) is 1.23. The Bertz CT molecular complexity index is 349. The molecule has 0 fully saturated rings. The Morgan fingerprint density at radius 2 is 2.58 bits per heavy atom. The highest BCUT2D eigenvalue weighted by Gasteiger charge is 2.14. The van der Waals surface area contributed by atoms with Crippen molar-refractivity contribution in [1.82, 2.24) is 9.78 Å². The number of nitriles is 1. The van der Waals surface area contributed by atoms with Gasteiger partial charge >= 0.3 is 5.97 Å². The molecule has 12 heavy (non-hydrogen) atoms. The zero-order valence-corrected chi connectivity index (χ0v) is 6.31. The summed E-state index contributed by atoms with van der Waals surface area (Å²) in [5, 5.41) is 11.9. The summed E-state index contributed by atoms with van der Waals surface area (Å²) >= 11 is 0. The normalized spacial score (nSPS) is 9.00. The van der Waals surface area contributed by atoms with E-state index in [1.807, 2.05) is 0 Å². The molecule has 0 saturated heterocycles. The zero-order chi connectivity index (χ0) is 9.14. The van der Waals surface area contributed by atoms with E-state index in [0.717, 1.165) is 4.68 Å². The molecule has 0 radical (unpaired) electrons. The number of ether oxygens (including phenoxy) is 1. The monoisotopic (exact) mass is 166 g/mol. The van der Waals surface area contributed by atoms with Gasteiger partial charge in [0.05, 0.1) is 13.3 Å². The van der Waals surface area contributed by atoms with Gasteiger partial charge in [0.25, 0.3) is 0 Å². The van der Waals surface area contributed by atoms with Crippen LogP contribution >= 0.6 is 0 Å². The fourth-order valence-electron chi connectivity index (χ4n) is 0.705. The smallest absolute Gasteiger partial charge is 0.343 e. The van der Waals surface area contributed by atoms with Crippen LogP contribution in [0.1, 0.15) is 10.4 Å². The zero-order valence-electron chi connectivity index (χ0n) is 6.31. The molecule has 0 amide bonds. The quantitative estimate of drug-likeness (QED) is 0.572. The number of nitrogen functional groups attached to an aromatic ring is 1. The standard InChI is InChI=1S/C6H6N4O2/c1-12-6(11)4-2-9-10(3-7)5(4)8/h2H,8H2,1H3. The predicted molar refractivity (Wildman–Crippen MR) is 39.0 cm³/mol. The number of rotatable bonds is 1. The van der Waals surface area contributed by atoms with Gasteiger partial charge < -0.3 is 10.5 Å². The predicted octanol–water partition coefficient (Wildman–Crippen LogP) is -0.419. The third-order valence-corrected chi connectivity index (χ3v) is 1.31. The maximum atomic E-state index is 10.9. The molecule has 62 valence electrons. The van der Waals surface area contributed by atoms with Crippen LogP contribution in [0.15, 0.2) is 6.20 Å². The van der Waals surface area contributed by atoms with Gasteiger partial charge in [0.15, 0.2) is 5.82 Å². The van der Waals surface area contributed by atoms with Crippen LogP contribution in [0.2, 0.25) is 0 Å². The summed E-state index contributed by atoms with van der Waals surface area (Å²) in [5.74, 6) is -0.613. The molecule has 1 rings (SSSR count). The first kappa shape index (κ1) is 8.07. The van der Waals surface area contributed by atoms with E-state index in [4.69, 9.17) is 11.0 Å². The van der Waals surface area contributed by atoms with Crippen LogP contribution in [0.5, 0.6) is 0 Å². The summed E-state index contributed by atoms with van der Waals surface area (Å²) in [5.41, 5.74) is 5.46. The van der Waals surface area contributed by atoms with Crippen LogP contribution in [-0.2, 0) is 4.74 Å². The van der Waals surface area contributed by atoms with E-state index in [1.165, 1.54) is 13.3 Å². The van der Waals surface area contributed by atoms with E-state index in [9.17, 15) is 4.79 Å². The Morgan fingerprint density at radius 3 is 3.00 bits per heavy atom. The van der Waals surface area contributed by atoms with Gasteiger partial charge in [-0.05, 0) is 0 Å². The molecule has 6 nitrogen and oxygen atoms in total. The maximum Gasteiger partial charge on any atom is 0.343 e. The highest BCUT2D eigenvalue weighted by atomic mass is 16.5. The number of aromatic nitrogens is 2. The lowest BCUT2D eigenvalue weighted by atomic mass is 10.3. The second-order valence-corrected chi connectivity index (χ2v) is 1.95. The van der Waals surface area contributed by atoms with Gasteiger partial charge in [0, 0.05) is 0 Å². The van der Waals surface area contributed by atoms with Crippen molar-refractivity contribution in [2.24, 2.45) is 0 Å². The molecule has 0 aliphatic heterocycles. The van der Waals surface area contributed by atoms with E-state index in [2.05, 4.69) is 9.84 Å². The van der Waals surface area contributed by atoms with Crippen molar-refractivity contribution < 1.29 is 9.53 Å². The Kier molecular flexibility index (Phi) is 1.96. The molecule has 0 aromatic carbocycles. The van der Waals surface area contributed by atoms with Crippen molar-refractivity contribution in [3.8, 4) is 6.19 Å². The third kappa shape index (κ3) is 1.08. The molecule has 0 spiro atoms. The van der Waals surface area contributed by atoms with E-state index >= 15 is 0 Å².